The molecular weight excluding hydrogens is 359 g/mol. The summed E-state index contributed by atoms with van der Waals surface area (Å²) in [5.41, 5.74) is 7.37. The van der Waals surface area contributed by atoms with Crippen LogP contribution in [0, 0.1) is 11.8 Å². The first-order valence-electron chi connectivity index (χ1n) is 8.03. The van der Waals surface area contributed by atoms with Crippen molar-refractivity contribution in [1.82, 2.24) is 15.2 Å². The molecule has 0 spiro atoms. The lowest BCUT2D eigenvalue weighted by Gasteiger charge is -2.28. The van der Waals surface area contributed by atoms with Crippen molar-refractivity contribution in [3.05, 3.63) is 59.8 Å². The van der Waals surface area contributed by atoms with Gasteiger partial charge >= 0.3 is 0 Å². The number of carbonyl (C=O) groups excluding carboxylic acids is 1. The molecule has 2 aromatic rings. The van der Waals surface area contributed by atoms with Crippen LogP contribution in [0.2, 0.25) is 0 Å². The van der Waals surface area contributed by atoms with E-state index in [1.807, 2.05) is 23.1 Å². The maximum Gasteiger partial charge on any atom is 0.273 e. The number of anilines is 1. The molecule has 134 valence electrons. The number of rotatable bonds is 2. The van der Waals surface area contributed by atoms with Crippen LogP contribution in [0.3, 0.4) is 0 Å². The average molecular weight is 381 g/mol. The van der Waals surface area contributed by atoms with Crippen molar-refractivity contribution in [2.75, 3.05) is 25.4 Å². The SMILES string of the molecule is Cl.Cl.Nc1cccc(C(=O)N2C[C@@H]3CNC[C@@H]3[C@H]2c2ccccc2)n1. The van der Waals surface area contributed by atoms with E-state index < -0.39 is 0 Å². The van der Waals surface area contributed by atoms with Gasteiger partial charge in [0.15, 0.2) is 0 Å². The molecule has 4 rings (SSSR count). The van der Waals surface area contributed by atoms with Gasteiger partial charge in [-0.05, 0) is 23.6 Å². The van der Waals surface area contributed by atoms with Crippen LogP contribution in [0.4, 0.5) is 5.82 Å². The van der Waals surface area contributed by atoms with Gasteiger partial charge < -0.3 is 16.0 Å². The molecule has 3 heterocycles. The number of fused-ring (bicyclic) bond motifs is 1. The van der Waals surface area contributed by atoms with Gasteiger partial charge in [0.1, 0.15) is 11.5 Å². The van der Waals surface area contributed by atoms with Crippen molar-refractivity contribution in [2.24, 2.45) is 11.8 Å². The number of carbonyl (C=O) groups is 1. The monoisotopic (exact) mass is 380 g/mol. The molecule has 5 nitrogen and oxygen atoms in total. The first-order chi connectivity index (χ1) is 11.2. The number of hydrogen-bond donors (Lipinski definition) is 2. The van der Waals surface area contributed by atoms with E-state index in [0.717, 1.165) is 19.6 Å². The van der Waals surface area contributed by atoms with Crippen molar-refractivity contribution >= 4 is 36.5 Å². The molecule has 1 aromatic carbocycles. The van der Waals surface area contributed by atoms with Gasteiger partial charge in [0.25, 0.3) is 5.91 Å². The number of nitrogen functional groups attached to an aromatic ring is 1. The molecule has 2 aliphatic heterocycles. The summed E-state index contributed by atoms with van der Waals surface area (Å²) < 4.78 is 0. The molecule has 2 saturated heterocycles. The number of amides is 1. The van der Waals surface area contributed by atoms with Crippen LogP contribution in [0.25, 0.3) is 0 Å². The van der Waals surface area contributed by atoms with Gasteiger partial charge in [-0.25, -0.2) is 4.98 Å². The fraction of sp³-hybridized carbons (Fsp3) is 0.333. The smallest absolute Gasteiger partial charge is 0.273 e. The topological polar surface area (TPSA) is 71.2 Å². The second kappa shape index (κ2) is 8.04. The van der Waals surface area contributed by atoms with Crippen molar-refractivity contribution in [1.29, 1.82) is 0 Å². The number of likely N-dealkylation sites (tertiary alicyclic amines) is 1. The Kier molecular flexibility index (Phi) is 6.27. The number of nitrogens with one attached hydrogen (secondary N) is 1. The highest BCUT2D eigenvalue weighted by molar-refractivity contribution is 5.93. The minimum atomic E-state index is -0.0273. The third-order valence-electron chi connectivity index (χ3n) is 4.96. The number of nitrogens with zero attached hydrogens (tertiary/aromatic N) is 2. The third-order valence-corrected chi connectivity index (χ3v) is 4.96. The molecular formula is C18H22Cl2N4O. The second-order valence-corrected chi connectivity index (χ2v) is 6.34. The van der Waals surface area contributed by atoms with Crippen LogP contribution < -0.4 is 11.1 Å². The van der Waals surface area contributed by atoms with E-state index in [4.69, 9.17) is 5.73 Å². The Labute approximate surface area is 159 Å². The normalized spacial score (nSPS) is 24.2. The summed E-state index contributed by atoms with van der Waals surface area (Å²) in [5.74, 6) is 1.32. The molecule has 2 fully saturated rings. The predicted octanol–water partition coefficient (Wildman–Crippen LogP) is 2.54. The molecule has 25 heavy (non-hydrogen) atoms. The van der Waals surface area contributed by atoms with Crippen LogP contribution >= 0.6 is 24.8 Å². The van der Waals surface area contributed by atoms with Gasteiger partial charge in [0.2, 0.25) is 0 Å². The Morgan fingerprint density at radius 2 is 1.84 bits per heavy atom. The molecule has 3 atom stereocenters. The lowest BCUT2D eigenvalue weighted by molar-refractivity contribution is 0.0708. The summed E-state index contributed by atoms with van der Waals surface area (Å²) in [6.07, 6.45) is 0. The Morgan fingerprint density at radius 3 is 2.56 bits per heavy atom. The summed E-state index contributed by atoms with van der Waals surface area (Å²) >= 11 is 0. The van der Waals surface area contributed by atoms with Gasteiger partial charge in [0, 0.05) is 25.6 Å². The molecule has 0 aliphatic carbocycles. The maximum atomic E-state index is 13.0. The van der Waals surface area contributed by atoms with Gasteiger partial charge in [-0.2, -0.15) is 0 Å². The van der Waals surface area contributed by atoms with E-state index >= 15 is 0 Å². The molecule has 3 N–H and O–H groups in total. The van der Waals surface area contributed by atoms with Crippen LogP contribution in [-0.2, 0) is 0 Å². The molecule has 7 heteroatoms. The Hall–Kier alpha value is -1.82. The lowest BCUT2D eigenvalue weighted by atomic mass is 9.89. The number of halogens is 2. The summed E-state index contributed by atoms with van der Waals surface area (Å²) in [7, 11) is 0. The summed E-state index contributed by atoms with van der Waals surface area (Å²) in [6.45, 7) is 2.70. The van der Waals surface area contributed by atoms with E-state index in [1.54, 1.807) is 18.2 Å². The van der Waals surface area contributed by atoms with E-state index in [1.165, 1.54) is 5.56 Å². The van der Waals surface area contributed by atoms with Gasteiger partial charge in [-0.15, -0.1) is 24.8 Å². The highest BCUT2D eigenvalue weighted by atomic mass is 35.5. The molecule has 0 bridgehead atoms. The summed E-state index contributed by atoms with van der Waals surface area (Å²) in [5, 5.41) is 3.46. The van der Waals surface area contributed by atoms with E-state index in [-0.39, 0.29) is 36.8 Å². The molecule has 0 saturated carbocycles. The second-order valence-electron chi connectivity index (χ2n) is 6.34. The third kappa shape index (κ3) is 3.59. The van der Waals surface area contributed by atoms with Crippen molar-refractivity contribution in [3.63, 3.8) is 0 Å². The van der Waals surface area contributed by atoms with Gasteiger partial charge in [0.05, 0.1) is 6.04 Å². The van der Waals surface area contributed by atoms with Gasteiger partial charge in [-0.1, -0.05) is 36.4 Å². The Morgan fingerprint density at radius 1 is 1.08 bits per heavy atom. The first kappa shape index (κ1) is 19.5. The fourth-order valence-electron chi connectivity index (χ4n) is 3.92. The number of pyridine rings is 1. The number of nitrogens with two attached hydrogens (primary N) is 1. The van der Waals surface area contributed by atoms with Gasteiger partial charge in [-0.3, -0.25) is 4.79 Å². The first-order valence-corrected chi connectivity index (χ1v) is 8.03. The maximum absolute atomic E-state index is 13.0. The Bertz CT molecular complexity index is 728. The molecule has 0 radical (unpaired) electrons. The lowest BCUT2D eigenvalue weighted by Crippen LogP contribution is -2.35. The molecule has 1 aromatic heterocycles. The molecule has 2 aliphatic rings. The largest absolute Gasteiger partial charge is 0.384 e. The Balaban J connectivity index is 0.00000113. The number of benzene rings is 1. The number of hydrogen-bond acceptors (Lipinski definition) is 4. The van der Waals surface area contributed by atoms with Crippen molar-refractivity contribution < 1.29 is 4.79 Å². The summed E-state index contributed by atoms with van der Waals surface area (Å²) in [4.78, 5) is 19.2. The minimum absolute atomic E-state index is 0. The predicted molar refractivity (Wildman–Crippen MR) is 103 cm³/mol. The molecule has 1 amide bonds. The van der Waals surface area contributed by atoms with Crippen LogP contribution in [0.15, 0.2) is 48.5 Å². The van der Waals surface area contributed by atoms with Crippen LogP contribution in [0.1, 0.15) is 22.1 Å². The zero-order valence-corrected chi connectivity index (χ0v) is 15.3. The fourth-order valence-corrected chi connectivity index (χ4v) is 3.92. The van der Waals surface area contributed by atoms with E-state index in [9.17, 15) is 4.79 Å². The van der Waals surface area contributed by atoms with Crippen molar-refractivity contribution in [2.45, 2.75) is 6.04 Å². The van der Waals surface area contributed by atoms with Crippen LogP contribution in [0.5, 0.6) is 0 Å². The zero-order valence-electron chi connectivity index (χ0n) is 13.7. The number of aromatic nitrogens is 1. The average Bonchev–Trinajstić information content (AvgIpc) is 3.15. The van der Waals surface area contributed by atoms with Crippen LogP contribution in [-0.4, -0.2) is 35.4 Å². The summed E-state index contributed by atoms with van der Waals surface area (Å²) in [6, 6.07) is 15.6. The zero-order chi connectivity index (χ0) is 15.8. The van der Waals surface area contributed by atoms with E-state index in [2.05, 4.69) is 22.4 Å². The van der Waals surface area contributed by atoms with E-state index in [0.29, 0.717) is 23.3 Å². The molecule has 0 unspecified atom stereocenters. The minimum Gasteiger partial charge on any atom is -0.384 e. The standard InChI is InChI=1S/C18H20N4O.2ClH/c19-16-8-4-7-15(21-16)18(23)22-11-13-9-20-10-14(13)17(22)12-5-2-1-3-6-12;;/h1-8,13-14,17,20H,9-11H2,(H2,19,21);2*1H/t13-,14-,17+;;/m0../s1. The highest BCUT2D eigenvalue weighted by Crippen LogP contribution is 2.43. The van der Waals surface area contributed by atoms with Crippen molar-refractivity contribution in [3.8, 4) is 0 Å². The highest BCUT2D eigenvalue weighted by Gasteiger charge is 2.47. The quantitative estimate of drug-likeness (QED) is 0.839.